The Kier molecular flexibility index (Phi) is 5.99. The molecule has 1 aromatic heterocycles. The van der Waals surface area contributed by atoms with Crippen LogP contribution in [0.5, 0.6) is 5.75 Å². The number of ether oxygens (including phenoxy) is 1. The Balaban J connectivity index is 1.38. The third kappa shape index (κ3) is 5.10. The minimum atomic E-state index is -0.917. The number of carbonyl (C=O) groups excluding carboxylic acids is 1. The van der Waals surface area contributed by atoms with Gasteiger partial charge in [0, 0.05) is 16.6 Å². The van der Waals surface area contributed by atoms with Crippen molar-refractivity contribution in [3.8, 4) is 16.3 Å². The highest BCUT2D eigenvalue weighted by Crippen LogP contribution is 2.26. The summed E-state index contributed by atoms with van der Waals surface area (Å²) in [6, 6.07) is 16.1. The van der Waals surface area contributed by atoms with Crippen molar-refractivity contribution in [2.45, 2.75) is 6.61 Å². The zero-order chi connectivity index (χ0) is 21.8. The molecule has 4 nitrogen and oxygen atoms in total. The number of nitrogens with one attached hydrogen (secondary N) is 1. The van der Waals surface area contributed by atoms with E-state index >= 15 is 0 Å². The Hall–Kier alpha value is -3.65. The molecule has 0 saturated heterocycles. The minimum absolute atomic E-state index is 0.0987. The van der Waals surface area contributed by atoms with Crippen molar-refractivity contribution in [1.82, 2.24) is 4.98 Å². The first-order valence-electron chi connectivity index (χ1n) is 9.17. The second kappa shape index (κ2) is 9.01. The second-order valence-electron chi connectivity index (χ2n) is 6.56. The number of benzene rings is 3. The van der Waals surface area contributed by atoms with E-state index in [0.717, 1.165) is 17.7 Å². The summed E-state index contributed by atoms with van der Waals surface area (Å²) in [4.78, 5) is 16.7. The molecule has 156 valence electrons. The van der Waals surface area contributed by atoms with Crippen molar-refractivity contribution in [1.29, 1.82) is 0 Å². The molecule has 3 aromatic carbocycles. The molecular formula is C23H15F3N2O2S. The molecule has 0 aliphatic rings. The highest BCUT2D eigenvalue weighted by atomic mass is 32.1. The topological polar surface area (TPSA) is 51.2 Å². The summed E-state index contributed by atoms with van der Waals surface area (Å²) in [6.45, 7) is 0.0987. The smallest absolute Gasteiger partial charge is 0.275 e. The van der Waals surface area contributed by atoms with Crippen LogP contribution in [0.15, 0.2) is 72.1 Å². The molecule has 0 aliphatic heterocycles. The van der Waals surface area contributed by atoms with E-state index in [1.54, 1.807) is 29.6 Å². The van der Waals surface area contributed by atoms with Gasteiger partial charge in [-0.1, -0.05) is 6.07 Å². The van der Waals surface area contributed by atoms with Crippen LogP contribution in [0.4, 0.5) is 18.9 Å². The molecular weight excluding hydrogens is 425 g/mol. The van der Waals surface area contributed by atoms with E-state index in [2.05, 4.69) is 10.3 Å². The second-order valence-corrected chi connectivity index (χ2v) is 7.42. The first-order valence-corrected chi connectivity index (χ1v) is 10.1. The standard InChI is InChI=1S/C23H15F3N2O2S/c24-16-4-6-17(7-5-16)27-22(29)21-13-31-23(28-21)15-2-8-18(9-3-15)30-12-14-1-10-19(25)20(26)11-14/h1-11,13H,12H2,(H,27,29). The van der Waals surface area contributed by atoms with E-state index in [1.807, 2.05) is 0 Å². The molecule has 0 radical (unpaired) electrons. The number of thiazole rings is 1. The molecule has 1 heterocycles. The lowest BCUT2D eigenvalue weighted by atomic mass is 10.2. The van der Waals surface area contributed by atoms with Crippen LogP contribution in [0.1, 0.15) is 16.1 Å². The van der Waals surface area contributed by atoms with Crippen LogP contribution in [0, 0.1) is 17.5 Å². The maximum Gasteiger partial charge on any atom is 0.275 e. The van der Waals surface area contributed by atoms with Gasteiger partial charge in [-0.15, -0.1) is 11.3 Å². The van der Waals surface area contributed by atoms with E-state index in [-0.39, 0.29) is 24.0 Å². The SMILES string of the molecule is O=C(Nc1ccc(F)cc1)c1csc(-c2ccc(OCc3ccc(F)c(F)c3)cc2)n1. The Morgan fingerprint density at radius 3 is 2.39 bits per heavy atom. The van der Waals surface area contributed by atoms with Crippen LogP contribution in [-0.4, -0.2) is 10.9 Å². The first-order chi connectivity index (χ1) is 15.0. The number of anilines is 1. The molecule has 1 N–H and O–H groups in total. The van der Waals surface area contributed by atoms with Crippen LogP contribution in [0.25, 0.3) is 10.6 Å². The highest BCUT2D eigenvalue weighted by molar-refractivity contribution is 7.13. The third-order valence-corrected chi connectivity index (χ3v) is 5.22. The first kappa shape index (κ1) is 20.6. The summed E-state index contributed by atoms with van der Waals surface area (Å²) in [5.74, 6) is -2.03. The number of rotatable bonds is 6. The average Bonchev–Trinajstić information content (AvgIpc) is 3.27. The molecule has 0 atom stereocenters. The minimum Gasteiger partial charge on any atom is -0.489 e. The third-order valence-electron chi connectivity index (χ3n) is 4.33. The molecule has 1 amide bonds. The Morgan fingerprint density at radius 1 is 0.935 bits per heavy atom. The average molecular weight is 440 g/mol. The molecule has 0 fully saturated rings. The van der Waals surface area contributed by atoms with Crippen LogP contribution in [0.3, 0.4) is 0 Å². The van der Waals surface area contributed by atoms with Crippen molar-refractivity contribution in [3.63, 3.8) is 0 Å². The fraction of sp³-hybridized carbons (Fsp3) is 0.0435. The number of amides is 1. The number of hydrogen-bond acceptors (Lipinski definition) is 4. The van der Waals surface area contributed by atoms with Gasteiger partial charge in [-0.25, -0.2) is 18.2 Å². The molecule has 0 bridgehead atoms. The predicted octanol–water partition coefficient (Wildman–Crippen LogP) is 6.06. The predicted molar refractivity (Wildman–Crippen MR) is 113 cm³/mol. The molecule has 0 unspecified atom stereocenters. The lowest BCUT2D eigenvalue weighted by molar-refractivity contribution is 0.102. The van der Waals surface area contributed by atoms with Gasteiger partial charge in [-0.05, 0) is 66.2 Å². The van der Waals surface area contributed by atoms with Crippen LogP contribution in [0.2, 0.25) is 0 Å². The molecule has 8 heteroatoms. The van der Waals surface area contributed by atoms with Gasteiger partial charge in [-0.2, -0.15) is 0 Å². The lowest BCUT2D eigenvalue weighted by Crippen LogP contribution is -2.12. The summed E-state index contributed by atoms with van der Waals surface area (Å²) in [5, 5.41) is 4.96. The molecule has 4 aromatic rings. The van der Waals surface area contributed by atoms with E-state index < -0.39 is 11.6 Å². The molecule has 0 spiro atoms. The maximum atomic E-state index is 13.3. The van der Waals surface area contributed by atoms with Gasteiger partial charge in [0.25, 0.3) is 5.91 Å². The highest BCUT2D eigenvalue weighted by Gasteiger charge is 2.12. The quantitative estimate of drug-likeness (QED) is 0.397. The van der Waals surface area contributed by atoms with Crippen molar-refractivity contribution >= 4 is 22.9 Å². The van der Waals surface area contributed by atoms with Gasteiger partial charge in [0.05, 0.1) is 0 Å². The van der Waals surface area contributed by atoms with Gasteiger partial charge in [0.2, 0.25) is 0 Å². The van der Waals surface area contributed by atoms with Gasteiger partial charge in [0.15, 0.2) is 11.6 Å². The monoisotopic (exact) mass is 440 g/mol. The summed E-state index contributed by atoms with van der Waals surface area (Å²) in [5.41, 5.74) is 2.04. The number of aromatic nitrogens is 1. The summed E-state index contributed by atoms with van der Waals surface area (Å²) in [6.07, 6.45) is 0. The summed E-state index contributed by atoms with van der Waals surface area (Å²) >= 11 is 1.31. The molecule has 31 heavy (non-hydrogen) atoms. The van der Waals surface area contributed by atoms with Gasteiger partial charge >= 0.3 is 0 Å². The number of hydrogen-bond donors (Lipinski definition) is 1. The van der Waals surface area contributed by atoms with Crippen molar-refractivity contribution in [2.24, 2.45) is 0 Å². The Morgan fingerprint density at radius 2 is 1.68 bits per heavy atom. The summed E-state index contributed by atoms with van der Waals surface area (Å²) in [7, 11) is 0. The van der Waals surface area contributed by atoms with Crippen LogP contribution >= 0.6 is 11.3 Å². The van der Waals surface area contributed by atoms with Crippen molar-refractivity contribution in [3.05, 3.63) is 101 Å². The van der Waals surface area contributed by atoms with E-state index in [4.69, 9.17) is 4.74 Å². The number of nitrogens with zero attached hydrogens (tertiary/aromatic N) is 1. The van der Waals surface area contributed by atoms with Crippen LogP contribution < -0.4 is 10.1 Å². The zero-order valence-electron chi connectivity index (χ0n) is 15.9. The zero-order valence-corrected chi connectivity index (χ0v) is 16.8. The van der Waals surface area contributed by atoms with Gasteiger partial charge < -0.3 is 10.1 Å². The number of halogens is 3. The molecule has 0 saturated carbocycles. The van der Waals surface area contributed by atoms with Gasteiger partial charge in [-0.3, -0.25) is 4.79 Å². The Bertz CT molecular complexity index is 1210. The fourth-order valence-corrected chi connectivity index (χ4v) is 3.54. The van der Waals surface area contributed by atoms with E-state index in [1.165, 1.54) is 41.7 Å². The molecule has 4 rings (SSSR count). The van der Waals surface area contributed by atoms with E-state index in [9.17, 15) is 18.0 Å². The lowest BCUT2D eigenvalue weighted by Gasteiger charge is -2.07. The van der Waals surface area contributed by atoms with Crippen LogP contribution in [-0.2, 0) is 6.61 Å². The largest absolute Gasteiger partial charge is 0.489 e. The maximum absolute atomic E-state index is 13.3. The number of carbonyl (C=O) groups is 1. The van der Waals surface area contributed by atoms with Crippen molar-refractivity contribution in [2.75, 3.05) is 5.32 Å². The normalized spacial score (nSPS) is 10.7. The van der Waals surface area contributed by atoms with E-state index in [0.29, 0.717) is 22.0 Å². The van der Waals surface area contributed by atoms with Gasteiger partial charge in [0.1, 0.15) is 28.9 Å². The van der Waals surface area contributed by atoms with Crippen molar-refractivity contribution < 1.29 is 22.7 Å². The Labute approximate surface area is 180 Å². The fourth-order valence-electron chi connectivity index (χ4n) is 2.73. The summed E-state index contributed by atoms with van der Waals surface area (Å²) < 4.78 is 44.8. The molecule has 0 aliphatic carbocycles.